The van der Waals surface area contributed by atoms with Crippen LogP contribution in [0.15, 0.2) is 24.3 Å². The topological polar surface area (TPSA) is 62.2 Å². The molecule has 0 spiro atoms. The largest absolute Gasteiger partial charge is 0.490 e. The van der Waals surface area contributed by atoms with Crippen molar-refractivity contribution in [3.8, 4) is 11.5 Å². The van der Waals surface area contributed by atoms with Gasteiger partial charge in [0, 0.05) is 38.8 Å². The maximum Gasteiger partial charge on any atom is 0.246 e. The number of nitrogens with zero attached hydrogens (tertiary/aromatic N) is 2. The summed E-state index contributed by atoms with van der Waals surface area (Å²) in [7, 11) is 0. The van der Waals surface area contributed by atoms with Gasteiger partial charge in [-0.3, -0.25) is 9.69 Å². The Morgan fingerprint density at radius 2 is 1.80 bits per heavy atom. The van der Waals surface area contributed by atoms with Crippen LogP contribution in [0.5, 0.6) is 11.5 Å². The van der Waals surface area contributed by atoms with Gasteiger partial charge in [-0.15, -0.1) is 0 Å². The molecular formula is C19H28N2O4. The number of aliphatic hydroxyl groups is 1. The first-order valence-electron chi connectivity index (χ1n) is 8.87. The fourth-order valence-electron chi connectivity index (χ4n) is 2.78. The molecule has 0 aromatic heterocycles. The summed E-state index contributed by atoms with van der Waals surface area (Å²) >= 11 is 0. The zero-order valence-electron chi connectivity index (χ0n) is 15.1. The highest BCUT2D eigenvalue weighted by Crippen LogP contribution is 2.29. The number of amides is 1. The van der Waals surface area contributed by atoms with Crippen LogP contribution in [0.1, 0.15) is 19.4 Å². The second-order valence-corrected chi connectivity index (χ2v) is 5.80. The van der Waals surface area contributed by atoms with Crippen molar-refractivity contribution < 1.29 is 19.4 Å². The van der Waals surface area contributed by atoms with Gasteiger partial charge < -0.3 is 19.5 Å². The van der Waals surface area contributed by atoms with Crippen LogP contribution in [0.4, 0.5) is 0 Å². The van der Waals surface area contributed by atoms with Crippen molar-refractivity contribution in [3.63, 3.8) is 0 Å². The van der Waals surface area contributed by atoms with Crippen LogP contribution in [0.3, 0.4) is 0 Å². The number of hydrogen-bond acceptors (Lipinski definition) is 5. The van der Waals surface area contributed by atoms with E-state index in [0.717, 1.165) is 18.7 Å². The lowest BCUT2D eigenvalue weighted by Gasteiger charge is -2.33. The maximum atomic E-state index is 12.3. The van der Waals surface area contributed by atoms with E-state index in [9.17, 15) is 4.79 Å². The average Bonchev–Trinajstić information content (AvgIpc) is 2.63. The zero-order chi connectivity index (χ0) is 18.1. The Kier molecular flexibility index (Phi) is 7.76. The third kappa shape index (κ3) is 5.76. The molecule has 0 radical (unpaired) electrons. The molecule has 2 rings (SSSR count). The van der Waals surface area contributed by atoms with E-state index in [1.54, 1.807) is 12.2 Å². The van der Waals surface area contributed by atoms with E-state index >= 15 is 0 Å². The summed E-state index contributed by atoms with van der Waals surface area (Å²) < 4.78 is 11.2. The van der Waals surface area contributed by atoms with Gasteiger partial charge in [0.2, 0.25) is 5.91 Å². The number of aliphatic hydroxyl groups excluding tert-OH is 1. The number of piperazine rings is 1. The standard InChI is InChI=1S/C19H28N2O4/c1-3-24-17-7-5-16(15-18(17)25-4-2)6-8-19(23)21-11-9-20(10-12-21)13-14-22/h5-8,15,22H,3-4,9-14H2,1-2H3/b8-6+. The Balaban J connectivity index is 1.96. The Labute approximate surface area is 149 Å². The lowest BCUT2D eigenvalue weighted by atomic mass is 10.2. The third-order valence-electron chi connectivity index (χ3n) is 4.09. The number of carbonyl (C=O) groups is 1. The van der Waals surface area contributed by atoms with Crippen LogP contribution in [0.2, 0.25) is 0 Å². The Hall–Kier alpha value is -2.05. The summed E-state index contributed by atoms with van der Waals surface area (Å²) in [6, 6.07) is 5.67. The quantitative estimate of drug-likeness (QED) is 0.724. The molecule has 1 saturated heterocycles. The van der Waals surface area contributed by atoms with Crippen LogP contribution in [0, 0.1) is 0 Å². The second kappa shape index (κ2) is 10.1. The Morgan fingerprint density at radius 1 is 1.12 bits per heavy atom. The van der Waals surface area contributed by atoms with Crippen LogP contribution < -0.4 is 9.47 Å². The minimum absolute atomic E-state index is 0.00972. The Morgan fingerprint density at radius 3 is 2.44 bits per heavy atom. The summed E-state index contributed by atoms with van der Waals surface area (Å²) in [4.78, 5) is 16.3. The normalized spacial score (nSPS) is 15.6. The molecule has 0 atom stereocenters. The van der Waals surface area contributed by atoms with Crippen molar-refractivity contribution in [2.24, 2.45) is 0 Å². The van der Waals surface area contributed by atoms with Crippen LogP contribution in [0.25, 0.3) is 6.08 Å². The molecule has 0 saturated carbocycles. The van der Waals surface area contributed by atoms with Gasteiger partial charge in [-0.05, 0) is 37.6 Å². The maximum absolute atomic E-state index is 12.3. The van der Waals surface area contributed by atoms with Gasteiger partial charge >= 0.3 is 0 Å². The van der Waals surface area contributed by atoms with Gasteiger partial charge in [0.05, 0.1) is 19.8 Å². The highest BCUT2D eigenvalue weighted by Gasteiger charge is 2.18. The van der Waals surface area contributed by atoms with Crippen LogP contribution in [-0.2, 0) is 4.79 Å². The minimum atomic E-state index is 0.00972. The molecule has 138 valence electrons. The summed E-state index contributed by atoms with van der Waals surface area (Å²) in [6.07, 6.45) is 3.41. The first-order chi connectivity index (χ1) is 12.2. The molecule has 0 unspecified atom stereocenters. The monoisotopic (exact) mass is 348 g/mol. The average molecular weight is 348 g/mol. The van der Waals surface area contributed by atoms with Gasteiger partial charge in [0.25, 0.3) is 0 Å². The number of rotatable bonds is 8. The molecule has 1 aliphatic heterocycles. The number of ether oxygens (including phenoxy) is 2. The fourth-order valence-corrected chi connectivity index (χ4v) is 2.78. The zero-order valence-corrected chi connectivity index (χ0v) is 15.1. The summed E-state index contributed by atoms with van der Waals surface area (Å²) in [5.41, 5.74) is 0.902. The van der Waals surface area contributed by atoms with Crippen molar-refractivity contribution in [2.45, 2.75) is 13.8 Å². The smallest absolute Gasteiger partial charge is 0.246 e. The second-order valence-electron chi connectivity index (χ2n) is 5.80. The van der Waals surface area contributed by atoms with Crippen molar-refractivity contribution >= 4 is 12.0 Å². The van der Waals surface area contributed by atoms with Crippen molar-refractivity contribution in [3.05, 3.63) is 29.8 Å². The molecule has 6 heteroatoms. The van der Waals surface area contributed by atoms with Gasteiger partial charge in [-0.1, -0.05) is 6.07 Å². The molecule has 1 amide bonds. The number of hydrogen-bond donors (Lipinski definition) is 1. The molecule has 6 nitrogen and oxygen atoms in total. The lowest BCUT2D eigenvalue weighted by molar-refractivity contribution is -0.127. The predicted molar refractivity (Wildman–Crippen MR) is 97.9 cm³/mol. The molecule has 1 fully saturated rings. The first kappa shape index (κ1) is 19.3. The van der Waals surface area contributed by atoms with E-state index in [1.807, 2.05) is 36.9 Å². The minimum Gasteiger partial charge on any atom is -0.490 e. The number of carbonyl (C=O) groups excluding carboxylic acids is 1. The first-order valence-corrected chi connectivity index (χ1v) is 8.87. The van der Waals surface area contributed by atoms with Crippen LogP contribution >= 0.6 is 0 Å². The van der Waals surface area contributed by atoms with Crippen molar-refractivity contribution in [2.75, 3.05) is 52.5 Å². The molecule has 1 aliphatic rings. The predicted octanol–water partition coefficient (Wildman–Crippen LogP) is 1.63. The summed E-state index contributed by atoms with van der Waals surface area (Å²) in [5.74, 6) is 1.42. The fraction of sp³-hybridized carbons (Fsp3) is 0.526. The van der Waals surface area contributed by atoms with E-state index in [4.69, 9.17) is 14.6 Å². The van der Waals surface area contributed by atoms with Crippen molar-refractivity contribution in [1.82, 2.24) is 9.80 Å². The van der Waals surface area contributed by atoms with Crippen molar-refractivity contribution in [1.29, 1.82) is 0 Å². The van der Waals surface area contributed by atoms with E-state index < -0.39 is 0 Å². The van der Waals surface area contributed by atoms with Crippen LogP contribution in [-0.4, -0.2) is 73.4 Å². The molecule has 0 bridgehead atoms. The molecule has 1 N–H and O–H groups in total. The summed E-state index contributed by atoms with van der Waals surface area (Å²) in [5, 5.41) is 8.97. The summed E-state index contributed by atoms with van der Waals surface area (Å²) in [6.45, 7) is 8.82. The third-order valence-corrected chi connectivity index (χ3v) is 4.09. The van der Waals surface area contributed by atoms with Gasteiger partial charge in [-0.25, -0.2) is 0 Å². The molecular weight excluding hydrogens is 320 g/mol. The van der Waals surface area contributed by atoms with Gasteiger partial charge in [0.15, 0.2) is 11.5 Å². The van der Waals surface area contributed by atoms with Gasteiger partial charge in [-0.2, -0.15) is 0 Å². The highest BCUT2D eigenvalue weighted by molar-refractivity contribution is 5.92. The van der Waals surface area contributed by atoms with E-state index in [-0.39, 0.29) is 12.5 Å². The molecule has 0 aliphatic carbocycles. The van der Waals surface area contributed by atoms with E-state index in [1.165, 1.54) is 0 Å². The van der Waals surface area contributed by atoms with E-state index in [2.05, 4.69) is 4.90 Å². The molecule has 25 heavy (non-hydrogen) atoms. The van der Waals surface area contributed by atoms with Gasteiger partial charge in [0.1, 0.15) is 0 Å². The molecule has 1 heterocycles. The molecule has 1 aromatic carbocycles. The SMILES string of the molecule is CCOc1ccc(/C=C/C(=O)N2CCN(CCO)CC2)cc1OCC. The molecule has 1 aromatic rings. The number of β-amino-alcohol motifs (C(OH)–C–C–N with tert-alkyl or cyclic N) is 1. The number of benzene rings is 1. The van der Waals surface area contributed by atoms with E-state index in [0.29, 0.717) is 44.3 Å². The lowest BCUT2D eigenvalue weighted by Crippen LogP contribution is -2.48. The highest BCUT2D eigenvalue weighted by atomic mass is 16.5. The Bertz CT molecular complexity index is 581.